The van der Waals surface area contributed by atoms with Crippen LogP contribution in [0.1, 0.15) is 67.3 Å². The van der Waals surface area contributed by atoms with Crippen LogP contribution >= 0.6 is 0 Å². The molecule has 4 atom stereocenters. The topological polar surface area (TPSA) is 292 Å². The van der Waals surface area contributed by atoms with Crippen LogP contribution in [0.5, 0.6) is 11.5 Å². The monoisotopic (exact) mass is 905 g/mol. The number of hydrogen-bond acceptors (Lipinski definition) is 13. The third-order valence-electron chi connectivity index (χ3n) is 11.1. The molecular weight excluding hydrogens is 847 g/mol. The number of nitrogens with two attached hydrogens (primary N) is 3. The van der Waals surface area contributed by atoms with E-state index in [0.717, 1.165) is 15.0 Å². The number of amides is 5. The number of fused-ring (bicyclic) bond motifs is 5. The van der Waals surface area contributed by atoms with Gasteiger partial charge in [-0.3, -0.25) is 28.8 Å². The van der Waals surface area contributed by atoms with E-state index in [9.17, 15) is 28.8 Å². The Morgan fingerprint density at radius 3 is 2.17 bits per heavy atom. The molecule has 19 heteroatoms. The number of hydrogen-bond donors (Lipinski definition) is 7. The van der Waals surface area contributed by atoms with E-state index in [1.54, 1.807) is 48.5 Å². The maximum atomic E-state index is 14.7. The van der Waals surface area contributed by atoms with Crippen molar-refractivity contribution in [2.24, 2.45) is 24.2 Å². The Kier molecular flexibility index (Phi) is 16.8. The van der Waals surface area contributed by atoms with Crippen LogP contribution < -0.4 is 53.5 Å². The van der Waals surface area contributed by atoms with Crippen LogP contribution in [-0.4, -0.2) is 109 Å². The Bertz CT molecular complexity index is 2530. The molecule has 2 heterocycles. The highest BCUT2D eigenvalue weighted by atomic mass is 16.5. The third kappa shape index (κ3) is 11.8. The van der Waals surface area contributed by atoms with Gasteiger partial charge in [0.05, 0.1) is 12.3 Å². The lowest BCUT2D eigenvalue weighted by molar-refractivity contribution is -0.141. The molecule has 10 N–H and O–H groups in total. The van der Waals surface area contributed by atoms with Crippen LogP contribution in [0.4, 0.5) is 0 Å². The van der Waals surface area contributed by atoms with Gasteiger partial charge in [-0.1, -0.05) is 57.2 Å². The van der Waals surface area contributed by atoms with Crippen LogP contribution in [0.25, 0.3) is 22.4 Å². The summed E-state index contributed by atoms with van der Waals surface area (Å²) in [5, 5.41) is 19.7. The average molecular weight is 906 g/mol. The Balaban J connectivity index is 1.57. The molecule has 1 aliphatic heterocycles. The predicted octanol–water partition coefficient (Wildman–Crippen LogP) is 0.919. The van der Waals surface area contributed by atoms with Gasteiger partial charge in [0.2, 0.25) is 23.6 Å². The molecule has 4 bridgehead atoms. The standard InChI is InChI=1S/C47H59N11O8/c1-27-41(59)56-35(42(60)52-20-17-49)24-28-7-13-37(65-21-18-50)32(23-28)33-25-30(10-14-38(33)66-22-19-51)40(44(62)54-27)58(6)45(63)34(15-16-48)55-43(61)36-26-53-39(46(64)57(36)5)29-8-11-31(12-9-29)47(2,3)4/h7-14,23,25-27,34-35,40H,15-16,18-22,24,48,50-51H2,1-6H3,(H,52,60)(H,54,62)(H,55,61)(H,56,59). The van der Waals surface area contributed by atoms with Crippen molar-refractivity contribution in [1.82, 2.24) is 35.7 Å². The first-order valence-electron chi connectivity index (χ1n) is 21.6. The summed E-state index contributed by atoms with van der Waals surface area (Å²) >= 11 is 0. The molecule has 19 nitrogen and oxygen atoms in total. The van der Waals surface area contributed by atoms with Gasteiger partial charge in [0.25, 0.3) is 11.5 Å². The average Bonchev–Trinajstić information content (AvgIpc) is 3.29. The van der Waals surface area contributed by atoms with Crippen molar-refractivity contribution in [2.45, 2.75) is 70.1 Å². The van der Waals surface area contributed by atoms with Crippen LogP contribution in [0.3, 0.4) is 0 Å². The first kappa shape index (κ1) is 49.9. The zero-order valence-corrected chi connectivity index (χ0v) is 38.1. The van der Waals surface area contributed by atoms with E-state index in [0.29, 0.717) is 33.8 Å². The summed E-state index contributed by atoms with van der Waals surface area (Å²) in [5.74, 6) is -2.94. The first-order chi connectivity index (χ1) is 31.4. The number of likely N-dealkylation sites (N-methyl/N-ethyl adjacent to an activating group) is 1. The number of aromatic nitrogens is 2. The van der Waals surface area contributed by atoms with Crippen molar-refractivity contribution in [2.75, 3.05) is 46.4 Å². The van der Waals surface area contributed by atoms with Crippen molar-refractivity contribution in [3.05, 3.63) is 99.6 Å². The van der Waals surface area contributed by atoms with Gasteiger partial charge in [-0.2, -0.15) is 5.26 Å². The summed E-state index contributed by atoms with van der Waals surface area (Å²) in [6.45, 7) is 7.89. The van der Waals surface area contributed by atoms with Crippen molar-refractivity contribution in [3.8, 4) is 40.0 Å². The van der Waals surface area contributed by atoms with E-state index in [2.05, 4.69) is 47.0 Å². The third-order valence-corrected chi connectivity index (χ3v) is 11.1. The lowest BCUT2D eigenvalue weighted by Crippen LogP contribution is -2.56. The van der Waals surface area contributed by atoms with Gasteiger partial charge >= 0.3 is 0 Å². The SMILES string of the molecule is CC1NC(=O)C(N(C)C(=O)C(CCN)NC(=O)c2cnc(-c3ccc(C(C)(C)C)cc3)c(=O)n2C)c2ccc(OCCN)c(c2)-c2cc(ccc2OCCN)CC(C(=O)NCC#N)NC1=O. The normalized spacial score (nSPS) is 16.6. The highest BCUT2D eigenvalue weighted by Gasteiger charge is 2.36. The van der Waals surface area contributed by atoms with Gasteiger partial charge in [-0.15, -0.1) is 0 Å². The van der Waals surface area contributed by atoms with Crippen molar-refractivity contribution in [3.63, 3.8) is 0 Å². The Hall–Kier alpha value is -7.14. The fourth-order valence-electron chi connectivity index (χ4n) is 7.43. The maximum absolute atomic E-state index is 14.7. The van der Waals surface area contributed by atoms with Crippen LogP contribution in [0.15, 0.2) is 71.7 Å². The zero-order chi connectivity index (χ0) is 48.3. The number of carbonyl (C=O) groups is 5. The van der Waals surface area contributed by atoms with Crippen LogP contribution in [0, 0.1) is 11.3 Å². The molecule has 0 radical (unpaired) electrons. The fourth-order valence-corrected chi connectivity index (χ4v) is 7.43. The molecule has 0 saturated heterocycles. The van der Waals surface area contributed by atoms with E-state index in [1.807, 2.05) is 18.2 Å². The summed E-state index contributed by atoms with van der Waals surface area (Å²) in [6.07, 6.45) is 1.17. The highest BCUT2D eigenvalue weighted by Crippen LogP contribution is 2.40. The van der Waals surface area contributed by atoms with Gasteiger partial charge in [-0.25, -0.2) is 4.98 Å². The number of nitriles is 1. The van der Waals surface area contributed by atoms with E-state index in [-0.39, 0.29) is 74.6 Å². The van der Waals surface area contributed by atoms with E-state index in [4.69, 9.17) is 31.9 Å². The molecule has 4 unspecified atom stereocenters. The minimum absolute atomic E-state index is 0.0134. The lowest BCUT2D eigenvalue weighted by Gasteiger charge is -2.32. The highest BCUT2D eigenvalue weighted by molar-refractivity contribution is 5.98. The van der Waals surface area contributed by atoms with Gasteiger partial charge in [0.15, 0.2) is 0 Å². The summed E-state index contributed by atoms with van der Waals surface area (Å²) in [6, 6.07) is 14.1. The summed E-state index contributed by atoms with van der Waals surface area (Å²) in [5.41, 5.74) is 20.4. The molecule has 0 spiro atoms. The molecular formula is C47H59N11O8. The predicted molar refractivity (Wildman–Crippen MR) is 247 cm³/mol. The van der Waals surface area contributed by atoms with E-state index >= 15 is 0 Å². The molecule has 3 aromatic carbocycles. The number of nitrogens with zero attached hydrogens (tertiary/aromatic N) is 4. The summed E-state index contributed by atoms with van der Waals surface area (Å²) < 4.78 is 13.3. The molecule has 0 fully saturated rings. The van der Waals surface area contributed by atoms with Crippen LogP contribution in [-0.2, 0) is 38.1 Å². The molecule has 0 aliphatic carbocycles. The molecule has 5 amide bonds. The molecule has 5 rings (SSSR count). The van der Waals surface area contributed by atoms with Gasteiger partial charge in [-0.05, 0) is 66.3 Å². The molecule has 1 aliphatic rings. The summed E-state index contributed by atoms with van der Waals surface area (Å²) in [7, 11) is 2.80. The van der Waals surface area contributed by atoms with Gasteiger partial charge in [0, 0.05) is 50.3 Å². The fraction of sp³-hybridized carbons (Fsp3) is 0.404. The largest absolute Gasteiger partial charge is 0.492 e. The van der Waals surface area contributed by atoms with Crippen LogP contribution in [0.2, 0.25) is 0 Å². The molecule has 4 aromatic rings. The minimum Gasteiger partial charge on any atom is -0.492 e. The molecule has 350 valence electrons. The minimum atomic E-state index is -1.45. The molecule has 66 heavy (non-hydrogen) atoms. The smallest absolute Gasteiger partial charge is 0.277 e. The van der Waals surface area contributed by atoms with Crippen molar-refractivity contribution in [1.29, 1.82) is 5.26 Å². The number of ether oxygens (including phenoxy) is 2. The summed E-state index contributed by atoms with van der Waals surface area (Å²) in [4.78, 5) is 89.3. The quantitative estimate of drug-likeness (QED) is 0.0818. The van der Waals surface area contributed by atoms with E-state index in [1.165, 1.54) is 27.2 Å². The Labute approximate surface area is 383 Å². The molecule has 0 saturated carbocycles. The van der Waals surface area contributed by atoms with Gasteiger partial charge < -0.3 is 57.4 Å². The number of rotatable bonds is 15. The second-order valence-electron chi connectivity index (χ2n) is 16.9. The second-order valence-corrected chi connectivity index (χ2v) is 16.9. The lowest BCUT2D eigenvalue weighted by atomic mass is 9.86. The second kappa shape index (κ2) is 22.2. The maximum Gasteiger partial charge on any atom is 0.277 e. The van der Waals surface area contributed by atoms with Crippen molar-refractivity contribution >= 4 is 29.5 Å². The van der Waals surface area contributed by atoms with Gasteiger partial charge in [0.1, 0.15) is 66.8 Å². The number of carbonyl (C=O) groups excluding carboxylic acids is 5. The number of benzene rings is 3. The first-order valence-corrected chi connectivity index (χ1v) is 21.6. The molecule has 1 aromatic heterocycles. The Morgan fingerprint density at radius 2 is 1.56 bits per heavy atom. The Morgan fingerprint density at radius 1 is 0.924 bits per heavy atom. The number of nitrogens with one attached hydrogen (secondary N) is 4. The van der Waals surface area contributed by atoms with E-state index < -0.39 is 59.3 Å². The zero-order valence-electron chi connectivity index (χ0n) is 38.1. The van der Waals surface area contributed by atoms with Crippen molar-refractivity contribution < 1.29 is 33.4 Å².